The van der Waals surface area contributed by atoms with Gasteiger partial charge in [0.15, 0.2) is 11.4 Å². The van der Waals surface area contributed by atoms with Crippen LogP contribution in [0.15, 0.2) is 16.1 Å². The summed E-state index contributed by atoms with van der Waals surface area (Å²) in [7, 11) is 0. The van der Waals surface area contributed by atoms with Crippen LogP contribution in [0.1, 0.15) is 38.0 Å². The predicted octanol–water partition coefficient (Wildman–Crippen LogP) is 1.24. The normalized spacial score (nSPS) is 37.9. The van der Waals surface area contributed by atoms with E-state index in [0.29, 0.717) is 17.1 Å². The Morgan fingerprint density at radius 1 is 1.50 bits per heavy atom. The Labute approximate surface area is 132 Å². The fourth-order valence-electron chi connectivity index (χ4n) is 4.00. The number of nitrogens with zero attached hydrogens (tertiary/aromatic N) is 2. The highest BCUT2D eigenvalue weighted by Gasteiger charge is 2.77. The highest BCUT2D eigenvalue weighted by Crippen LogP contribution is 2.65. The lowest BCUT2D eigenvalue weighted by Gasteiger charge is -2.38. The van der Waals surface area contributed by atoms with Gasteiger partial charge in [-0.15, -0.1) is 0 Å². The Kier molecular flexibility index (Phi) is 3.05. The van der Waals surface area contributed by atoms with E-state index in [4.69, 9.17) is 9.47 Å². The van der Waals surface area contributed by atoms with E-state index in [1.165, 1.54) is 11.8 Å². The van der Waals surface area contributed by atoms with Crippen LogP contribution < -0.4 is 5.56 Å². The molecule has 4 atom stereocenters. The Hall–Kier alpha value is -0.890. The zero-order valence-electron chi connectivity index (χ0n) is 12.9. The number of thioether (sulfide) groups is 1. The molecule has 0 aromatic carbocycles. The number of aromatic nitrogens is 2. The lowest BCUT2D eigenvalue weighted by Crippen LogP contribution is -2.48. The lowest BCUT2D eigenvalue weighted by molar-refractivity contribution is -0.227. The molecule has 2 aliphatic heterocycles. The van der Waals surface area contributed by atoms with E-state index in [2.05, 4.69) is 4.98 Å². The van der Waals surface area contributed by atoms with E-state index < -0.39 is 24.0 Å². The van der Waals surface area contributed by atoms with Crippen LogP contribution >= 0.6 is 11.8 Å². The molecule has 3 fully saturated rings. The van der Waals surface area contributed by atoms with Crippen LogP contribution in [0, 0.1) is 6.92 Å². The van der Waals surface area contributed by atoms with E-state index in [9.17, 15) is 9.90 Å². The van der Waals surface area contributed by atoms with Crippen molar-refractivity contribution in [2.75, 3.05) is 6.26 Å². The van der Waals surface area contributed by atoms with Gasteiger partial charge >= 0.3 is 0 Å². The van der Waals surface area contributed by atoms with Gasteiger partial charge in [0, 0.05) is 11.8 Å². The molecule has 1 aromatic heterocycles. The van der Waals surface area contributed by atoms with E-state index in [1.807, 2.05) is 17.7 Å². The molecule has 1 aromatic rings. The molecule has 7 heteroatoms. The zero-order chi connectivity index (χ0) is 15.7. The molecule has 1 saturated carbocycles. The first-order valence-electron chi connectivity index (χ1n) is 7.65. The third kappa shape index (κ3) is 1.62. The van der Waals surface area contributed by atoms with E-state index in [-0.39, 0.29) is 11.2 Å². The first-order valence-corrected chi connectivity index (χ1v) is 8.88. The molecule has 1 spiro atoms. The molecule has 4 rings (SSSR count). The molecule has 1 N–H and O–H groups in total. The number of fused-ring (bicyclic) bond motifs is 3. The zero-order valence-corrected chi connectivity index (χ0v) is 13.7. The fourth-order valence-corrected chi connectivity index (χ4v) is 4.54. The van der Waals surface area contributed by atoms with Crippen molar-refractivity contribution in [3.63, 3.8) is 0 Å². The summed E-state index contributed by atoms with van der Waals surface area (Å²) in [6, 6.07) is 0. The van der Waals surface area contributed by atoms with Gasteiger partial charge in [0.1, 0.15) is 23.4 Å². The van der Waals surface area contributed by atoms with Crippen molar-refractivity contribution < 1.29 is 14.6 Å². The molecule has 0 radical (unpaired) electrons. The topological polar surface area (TPSA) is 73.6 Å². The van der Waals surface area contributed by atoms with Crippen molar-refractivity contribution in [2.45, 2.75) is 67.9 Å². The average molecular weight is 324 g/mol. The number of aliphatic hydroxyl groups excluding tert-OH is 1. The summed E-state index contributed by atoms with van der Waals surface area (Å²) in [5, 5.41) is 11.3. The molecule has 22 heavy (non-hydrogen) atoms. The Morgan fingerprint density at radius 3 is 2.82 bits per heavy atom. The standard InChI is InChI=1S/C15H20N2O4S/c1-4-15-10(18)9(20-14(15)5-6-14)12(21-15)17-7-8(2)11(19)16-13(17)22-3/h7,9-10,12,18H,4-6H2,1-3H3/t9-,10?,12+,15+/m0/s1. The van der Waals surface area contributed by atoms with E-state index in [1.54, 1.807) is 13.1 Å². The van der Waals surface area contributed by atoms with Gasteiger partial charge in [0.05, 0.1) is 0 Å². The minimum Gasteiger partial charge on any atom is -0.387 e. The molecule has 3 aliphatic rings. The van der Waals surface area contributed by atoms with Crippen LogP contribution in [-0.4, -0.2) is 44.3 Å². The summed E-state index contributed by atoms with van der Waals surface area (Å²) in [6.07, 6.45) is 4.74. The second-order valence-corrected chi connectivity index (χ2v) is 7.17. The molecule has 3 heterocycles. The van der Waals surface area contributed by atoms with Crippen LogP contribution in [0.3, 0.4) is 0 Å². The largest absolute Gasteiger partial charge is 0.387 e. The number of hydrogen-bond donors (Lipinski definition) is 1. The molecular weight excluding hydrogens is 304 g/mol. The van der Waals surface area contributed by atoms with Crippen molar-refractivity contribution in [3.05, 3.63) is 22.1 Å². The Bertz CT molecular complexity index is 687. The highest BCUT2D eigenvalue weighted by atomic mass is 32.2. The first kappa shape index (κ1) is 14.7. The maximum absolute atomic E-state index is 11.8. The van der Waals surface area contributed by atoms with Crippen LogP contribution in [-0.2, 0) is 9.47 Å². The van der Waals surface area contributed by atoms with Crippen molar-refractivity contribution in [2.24, 2.45) is 0 Å². The molecule has 1 unspecified atom stereocenters. The van der Waals surface area contributed by atoms with E-state index in [0.717, 1.165) is 12.8 Å². The van der Waals surface area contributed by atoms with Crippen molar-refractivity contribution in [3.8, 4) is 0 Å². The number of hydrogen-bond acceptors (Lipinski definition) is 6. The smallest absolute Gasteiger partial charge is 0.276 e. The lowest BCUT2D eigenvalue weighted by atomic mass is 9.88. The molecule has 2 bridgehead atoms. The minimum absolute atomic E-state index is 0.228. The van der Waals surface area contributed by atoms with Gasteiger partial charge in [0.25, 0.3) is 5.56 Å². The maximum Gasteiger partial charge on any atom is 0.276 e. The Balaban J connectivity index is 1.78. The first-order chi connectivity index (χ1) is 10.5. The van der Waals surface area contributed by atoms with Gasteiger partial charge in [-0.2, -0.15) is 4.98 Å². The monoisotopic (exact) mass is 324 g/mol. The predicted molar refractivity (Wildman–Crippen MR) is 81.0 cm³/mol. The van der Waals surface area contributed by atoms with Gasteiger partial charge in [-0.1, -0.05) is 18.7 Å². The number of rotatable bonds is 3. The quantitative estimate of drug-likeness (QED) is 0.666. The molecule has 1 aliphatic carbocycles. The number of aryl methyl sites for hydroxylation is 1. The number of aliphatic hydroxyl groups is 1. The third-order valence-electron chi connectivity index (χ3n) is 5.31. The van der Waals surface area contributed by atoms with Crippen molar-refractivity contribution >= 4 is 11.8 Å². The second-order valence-electron chi connectivity index (χ2n) is 6.40. The van der Waals surface area contributed by atoms with Crippen molar-refractivity contribution in [1.82, 2.24) is 9.55 Å². The fraction of sp³-hybridized carbons (Fsp3) is 0.733. The Morgan fingerprint density at radius 2 is 2.23 bits per heavy atom. The van der Waals surface area contributed by atoms with Crippen LogP contribution in [0.5, 0.6) is 0 Å². The van der Waals surface area contributed by atoms with Gasteiger partial charge in [0.2, 0.25) is 0 Å². The highest BCUT2D eigenvalue weighted by molar-refractivity contribution is 7.98. The van der Waals surface area contributed by atoms with Crippen LogP contribution in [0.4, 0.5) is 0 Å². The van der Waals surface area contributed by atoms with Crippen molar-refractivity contribution in [1.29, 1.82) is 0 Å². The van der Waals surface area contributed by atoms with Gasteiger partial charge in [-0.05, 0) is 32.4 Å². The molecule has 6 nitrogen and oxygen atoms in total. The summed E-state index contributed by atoms with van der Waals surface area (Å²) in [6.45, 7) is 3.76. The third-order valence-corrected chi connectivity index (χ3v) is 5.98. The average Bonchev–Trinajstić information content (AvgIpc) is 3.18. The summed E-state index contributed by atoms with van der Waals surface area (Å²) >= 11 is 1.39. The molecule has 2 saturated heterocycles. The van der Waals surface area contributed by atoms with Gasteiger partial charge in [-0.3, -0.25) is 9.36 Å². The van der Waals surface area contributed by atoms with Gasteiger partial charge in [-0.25, -0.2) is 0 Å². The SMILES string of the molecule is CC[C@]12O[C@@H](n3cc(C)c(=O)nc3SC)[C@@H](OC13CC3)C2O. The summed E-state index contributed by atoms with van der Waals surface area (Å²) in [4.78, 5) is 15.9. The van der Waals surface area contributed by atoms with Crippen LogP contribution in [0.25, 0.3) is 0 Å². The summed E-state index contributed by atoms with van der Waals surface area (Å²) in [5.74, 6) is 0. The second kappa shape index (κ2) is 4.56. The van der Waals surface area contributed by atoms with Gasteiger partial charge < -0.3 is 14.6 Å². The summed E-state index contributed by atoms with van der Waals surface area (Å²) in [5.41, 5.74) is -0.599. The summed E-state index contributed by atoms with van der Waals surface area (Å²) < 4.78 is 14.4. The van der Waals surface area contributed by atoms with Crippen LogP contribution in [0.2, 0.25) is 0 Å². The minimum atomic E-state index is -0.639. The molecule has 0 amide bonds. The number of ether oxygens (including phenoxy) is 2. The molecular formula is C15H20N2O4S. The maximum atomic E-state index is 11.8. The molecule has 120 valence electrons. The van der Waals surface area contributed by atoms with E-state index >= 15 is 0 Å².